The van der Waals surface area contributed by atoms with Crippen molar-refractivity contribution in [2.45, 2.75) is 45.7 Å². The van der Waals surface area contributed by atoms with Gasteiger partial charge in [0.2, 0.25) is 5.91 Å². The number of hydrogen-bond acceptors (Lipinski definition) is 2. The Bertz CT molecular complexity index is 362. The summed E-state index contributed by atoms with van der Waals surface area (Å²) in [5, 5.41) is 3.02. The maximum absolute atomic E-state index is 12.0. The van der Waals surface area contributed by atoms with Gasteiger partial charge in [-0.15, -0.1) is 0 Å². The van der Waals surface area contributed by atoms with Crippen LogP contribution in [0.3, 0.4) is 0 Å². The van der Waals surface area contributed by atoms with Gasteiger partial charge in [0.25, 0.3) is 0 Å². The first kappa shape index (κ1) is 14.7. The minimum Gasteiger partial charge on any atom is -0.348 e. The molecule has 100 valence electrons. The van der Waals surface area contributed by atoms with Crippen LogP contribution >= 0.6 is 0 Å². The van der Waals surface area contributed by atoms with Crippen molar-refractivity contribution < 1.29 is 4.79 Å². The molecule has 0 aliphatic heterocycles. The van der Waals surface area contributed by atoms with Gasteiger partial charge in [0.05, 0.1) is 12.1 Å². The number of carbonyl (C=O) groups is 1. The van der Waals surface area contributed by atoms with Crippen LogP contribution in [-0.4, -0.2) is 11.9 Å². The smallest absolute Gasteiger partial charge is 0.237 e. The molecule has 0 unspecified atom stereocenters. The van der Waals surface area contributed by atoms with Gasteiger partial charge in [-0.2, -0.15) is 0 Å². The maximum atomic E-state index is 12.0. The van der Waals surface area contributed by atoms with Gasteiger partial charge in [-0.1, -0.05) is 51.1 Å². The molecule has 1 rings (SSSR count). The Labute approximate surface area is 110 Å². The van der Waals surface area contributed by atoms with Crippen LogP contribution in [0.15, 0.2) is 30.3 Å². The minimum atomic E-state index is -0.414. The van der Waals surface area contributed by atoms with E-state index in [4.69, 9.17) is 5.73 Å². The molecule has 3 heteroatoms. The minimum absolute atomic E-state index is 0.0527. The Balaban J connectivity index is 2.61. The van der Waals surface area contributed by atoms with Crippen molar-refractivity contribution >= 4 is 5.91 Å². The van der Waals surface area contributed by atoms with Crippen molar-refractivity contribution in [1.29, 1.82) is 0 Å². The number of nitrogens with two attached hydrogens (primary N) is 1. The second kappa shape index (κ2) is 7.17. The molecule has 0 spiro atoms. The standard InChI is InChI=1S/C15H24N2O/c1-4-14(12-8-6-5-7-9-12)17-15(18)13(16)10-11(2)3/h5-9,11,13-14H,4,10,16H2,1-3H3,(H,17,18)/t13-,14+/m1/s1. The molecule has 0 saturated carbocycles. The number of carbonyl (C=O) groups excluding carboxylic acids is 1. The van der Waals surface area contributed by atoms with E-state index in [-0.39, 0.29) is 11.9 Å². The van der Waals surface area contributed by atoms with Crippen LogP contribution in [0.5, 0.6) is 0 Å². The van der Waals surface area contributed by atoms with E-state index < -0.39 is 6.04 Å². The van der Waals surface area contributed by atoms with Crippen molar-refractivity contribution in [2.24, 2.45) is 11.7 Å². The highest BCUT2D eigenvalue weighted by Gasteiger charge is 2.18. The van der Waals surface area contributed by atoms with E-state index in [1.165, 1.54) is 0 Å². The van der Waals surface area contributed by atoms with Gasteiger partial charge in [-0.3, -0.25) is 4.79 Å². The topological polar surface area (TPSA) is 55.1 Å². The fraction of sp³-hybridized carbons (Fsp3) is 0.533. The molecule has 1 aromatic carbocycles. The Morgan fingerprint density at radius 3 is 2.39 bits per heavy atom. The van der Waals surface area contributed by atoms with E-state index in [1.54, 1.807) is 0 Å². The Morgan fingerprint density at radius 1 is 1.28 bits per heavy atom. The summed E-state index contributed by atoms with van der Waals surface area (Å²) in [4.78, 5) is 12.0. The third-order valence-electron chi connectivity index (χ3n) is 2.99. The van der Waals surface area contributed by atoms with Crippen molar-refractivity contribution in [3.05, 3.63) is 35.9 Å². The van der Waals surface area contributed by atoms with Gasteiger partial charge >= 0.3 is 0 Å². The molecule has 1 aromatic rings. The lowest BCUT2D eigenvalue weighted by atomic mass is 10.0. The normalized spacial score (nSPS) is 14.3. The first-order chi connectivity index (χ1) is 8.54. The summed E-state index contributed by atoms with van der Waals surface area (Å²) < 4.78 is 0. The highest BCUT2D eigenvalue weighted by Crippen LogP contribution is 2.16. The third-order valence-corrected chi connectivity index (χ3v) is 2.99. The Morgan fingerprint density at radius 2 is 1.89 bits per heavy atom. The van der Waals surface area contributed by atoms with Gasteiger partial charge in [0.15, 0.2) is 0 Å². The molecule has 0 aliphatic carbocycles. The monoisotopic (exact) mass is 248 g/mol. The third kappa shape index (κ3) is 4.49. The van der Waals surface area contributed by atoms with Crippen LogP contribution in [0, 0.1) is 5.92 Å². The second-order valence-electron chi connectivity index (χ2n) is 5.12. The number of rotatable bonds is 6. The fourth-order valence-electron chi connectivity index (χ4n) is 2.00. The summed E-state index contributed by atoms with van der Waals surface area (Å²) in [6, 6.07) is 9.64. The van der Waals surface area contributed by atoms with Crippen molar-refractivity contribution in [1.82, 2.24) is 5.32 Å². The van der Waals surface area contributed by atoms with E-state index in [0.717, 1.165) is 18.4 Å². The molecule has 0 heterocycles. The number of hydrogen-bond donors (Lipinski definition) is 2. The predicted molar refractivity (Wildman–Crippen MR) is 75.0 cm³/mol. The highest BCUT2D eigenvalue weighted by atomic mass is 16.2. The predicted octanol–water partition coefficient (Wildman–Crippen LogP) is 2.63. The molecule has 3 nitrogen and oxygen atoms in total. The zero-order chi connectivity index (χ0) is 13.5. The first-order valence-corrected chi connectivity index (χ1v) is 6.65. The molecule has 0 saturated heterocycles. The van der Waals surface area contributed by atoms with E-state index in [1.807, 2.05) is 30.3 Å². The largest absolute Gasteiger partial charge is 0.348 e. The molecule has 18 heavy (non-hydrogen) atoms. The molecule has 0 radical (unpaired) electrons. The summed E-state index contributed by atoms with van der Waals surface area (Å²) in [5.74, 6) is 0.377. The van der Waals surface area contributed by atoms with Gasteiger partial charge in [-0.25, -0.2) is 0 Å². The molecule has 2 atom stereocenters. The van der Waals surface area contributed by atoms with Gasteiger partial charge < -0.3 is 11.1 Å². The van der Waals surface area contributed by atoms with E-state index in [9.17, 15) is 4.79 Å². The summed E-state index contributed by atoms with van der Waals surface area (Å²) >= 11 is 0. The fourth-order valence-corrected chi connectivity index (χ4v) is 2.00. The maximum Gasteiger partial charge on any atom is 0.237 e. The first-order valence-electron chi connectivity index (χ1n) is 6.65. The molecule has 0 fully saturated rings. The van der Waals surface area contributed by atoms with E-state index >= 15 is 0 Å². The van der Waals surface area contributed by atoms with Crippen LogP contribution in [0.25, 0.3) is 0 Å². The molecular formula is C15H24N2O. The molecule has 3 N–H and O–H groups in total. The molecule has 0 bridgehead atoms. The summed E-state index contributed by atoms with van der Waals surface area (Å²) in [5.41, 5.74) is 7.02. The van der Waals surface area contributed by atoms with Crippen LogP contribution in [0.4, 0.5) is 0 Å². The summed E-state index contributed by atoms with van der Waals surface area (Å²) in [7, 11) is 0. The van der Waals surface area contributed by atoms with Gasteiger partial charge in [0.1, 0.15) is 0 Å². The zero-order valence-electron chi connectivity index (χ0n) is 11.5. The van der Waals surface area contributed by atoms with E-state index in [0.29, 0.717) is 5.92 Å². The van der Waals surface area contributed by atoms with Crippen LogP contribution in [0.1, 0.15) is 45.2 Å². The number of benzene rings is 1. The average molecular weight is 248 g/mol. The molecule has 0 aliphatic rings. The van der Waals surface area contributed by atoms with Crippen LogP contribution in [0.2, 0.25) is 0 Å². The highest BCUT2D eigenvalue weighted by molar-refractivity contribution is 5.81. The van der Waals surface area contributed by atoms with Crippen LogP contribution in [-0.2, 0) is 4.79 Å². The Kier molecular flexibility index (Phi) is 5.86. The summed E-state index contributed by atoms with van der Waals surface area (Å²) in [6.07, 6.45) is 1.58. The van der Waals surface area contributed by atoms with Crippen molar-refractivity contribution in [3.63, 3.8) is 0 Å². The second-order valence-corrected chi connectivity index (χ2v) is 5.12. The lowest BCUT2D eigenvalue weighted by molar-refractivity contribution is -0.123. The molecular weight excluding hydrogens is 224 g/mol. The molecule has 0 aromatic heterocycles. The van der Waals surface area contributed by atoms with Gasteiger partial charge in [0, 0.05) is 0 Å². The average Bonchev–Trinajstić information content (AvgIpc) is 2.35. The van der Waals surface area contributed by atoms with Crippen LogP contribution < -0.4 is 11.1 Å². The van der Waals surface area contributed by atoms with Crippen molar-refractivity contribution in [3.8, 4) is 0 Å². The lowest BCUT2D eigenvalue weighted by Crippen LogP contribution is -2.42. The lowest BCUT2D eigenvalue weighted by Gasteiger charge is -2.21. The number of amides is 1. The Hall–Kier alpha value is -1.35. The SMILES string of the molecule is CC[C@H](NC(=O)[C@H](N)CC(C)C)c1ccccc1. The van der Waals surface area contributed by atoms with E-state index in [2.05, 4.69) is 26.1 Å². The quantitative estimate of drug-likeness (QED) is 0.813. The van der Waals surface area contributed by atoms with Crippen molar-refractivity contribution in [2.75, 3.05) is 0 Å². The van der Waals surface area contributed by atoms with Gasteiger partial charge in [-0.05, 0) is 24.3 Å². The number of nitrogens with one attached hydrogen (secondary N) is 1. The summed E-state index contributed by atoms with van der Waals surface area (Å²) in [6.45, 7) is 6.20. The zero-order valence-corrected chi connectivity index (χ0v) is 11.5. The molecule has 1 amide bonds.